The van der Waals surface area contributed by atoms with Crippen LogP contribution in [0.25, 0.3) is 0 Å². The molecule has 2 atom stereocenters. The van der Waals surface area contributed by atoms with Crippen LogP contribution in [0.3, 0.4) is 0 Å². The van der Waals surface area contributed by atoms with E-state index >= 15 is 0 Å². The second-order valence-corrected chi connectivity index (χ2v) is 6.19. The van der Waals surface area contributed by atoms with E-state index in [1.165, 1.54) is 6.92 Å². The summed E-state index contributed by atoms with van der Waals surface area (Å²) in [5, 5.41) is -1.20. The number of rotatable bonds is 7. The van der Waals surface area contributed by atoms with Crippen molar-refractivity contribution in [3.63, 3.8) is 0 Å². The molecule has 0 saturated heterocycles. The molecule has 0 radical (unpaired) electrons. The summed E-state index contributed by atoms with van der Waals surface area (Å²) in [5.74, 6) is 0. The minimum Gasteiger partial charge on any atom is -0.302 e. The molecule has 0 heterocycles. The fourth-order valence-electron chi connectivity index (χ4n) is 1.41. The van der Waals surface area contributed by atoms with Gasteiger partial charge in [-0.15, -0.1) is 0 Å². The maximum absolute atomic E-state index is 11.8. The maximum Gasteiger partial charge on any atom is 0.162 e. The number of carbonyl (C=O) groups is 1. The van der Waals surface area contributed by atoms with Crippen molar-refractivity contribution in [3.8, 4) is 0 Å². The normalized spacial score (nSPS) is 16.2. The van der Waals surface area contributed by atoms with Crippen LogP contribution in [-0.4, -0.2) is 25.2 Å². The minimum absolute atomic E-state index is 0.345. The van der Waals surface area contributed by atoms with Crippen LogP contribution in [0, 0.1) is 0 Å². The van der Waals surface area contributed by atoms with Gasteiger partial charge in [-0.1, -0.05) is 26.7 Å². The van der Waals surface area contributed by atoms with Gasteiger partial charge in [-0.25, -0.2) is 8.42 Å². The molecule has 0 aromatic carbocycles. The van der Waals surface area contributed by atoms with Gasteiger partial charge in [0.15, 0.2) is 9.84 Å². The van der Waals surface area contributed by atoms with Gasteiger partial charge in [0.2, 0.25) is 0 Å². The zero-order valence-corrected chi connectivity index (χ0v) is 10.0. The molecular formula is C10H20O3S. The molecule has 4 heteroatoms. The van der Waals surface area contributed by atoms with Crippen LogP contribution in [-0.2, 0) is 14.6 Å². The number of hydrogen-bond acceptors (Lipinski definition) is 3. The quantitative estimate of drug-likeness (QED) is 0.616. The van der Waals surface area contributed by atoms with Gasteiger partial charge in [0.05, 0.1) is 5.25 Å². The highest BCUT2D eigenvalue weighted by molar-refractivity contribution is 7.93. The van der Waals surface area contributed by atoms with Crippen molar-refractivity contribution in [2.75, 3.05) is 0 Å². The van der Waals surface area contributed by atoms with E-state index in [0.717, 1.165) is 12.8 Å². The van der Waals surface area contributed by atoms with Crippen molar-refractivity contribution in [1.82, 2.24) is 0 Å². The molecule has 0 saturated carbocycles. The van der Waals surface area contributed by atoms with E-state index in [-0.39, 0.29) is 5.25 Å². The first-order valence-corrected chi connectivity index (χ1v) is 6.79. The van der Waals surface area contributed by atoms with Crippen LogP contribution in [0.5, 0.6) is 0 Å². The van der Waals surface area contributed by atoms with Gasteiger partial charge in [0.25, 0.3) is 0 Å². The van der Waals surface area contributed by atoms with Crippen molar-refractivity contribution in [2.24, 2.45) is 0 Å². The lowest BCUT2D eigenvalue weighted by molar-refractivity contribution is -0.107. The minimum atomic E-state index is -3.24. The van der Waals surface area contributed by atoms with Gasteiger partial charge in [-0.2, -0.15) is 0 Å². The summed E-state index contributed by atoms with van der Waals surface area (Å²) in [6, 6.07) is 0. The number of hydrogen-bond donors (Lipinski definition) is 0. The second-order valence-electron chi connectivity index (χ2n) is 3.60. The topological polar surface area (TPSA) is 51.2 Å². The van der Waals surface area contributed by atoms with Gasteiger partial charge in [-0.05, 0) is 19.8 Å². The van der Waals surface area contributed by atoms with Crippen LogP contribution in [0.4, 0.5) is 0 Å². The fourth-order valence-corrected chi connectivity index (χ4v) is 3.14. The van der Waals surface area contributed by atoms with Crippen LogP contribution < -0.4 is 0 Å². The fraction of sp³-hybridized carbons (Fsp3) is 0.900. The molecule has 0 aliphatic rings. The second kappa shape index (κ2) is 6.17. The van der Waals surface area contributed by atoms with Crippen LogP contribution in [0.2, 0.25) is 0 Å². The summed E-state index contributed by atoms with van der Waals surface area (Å²) in [6.45, 7) is 5.34. The molecule has 0 spiro atoms. The summed E-state index contributed by atoms with van der Waals surface area (Å²) in [4.78, 5) is 10.5. The van der Waals surface area contributed by atoms with E-state index in [4.69, 9.17) is 0 Å². The first-order chi connectivity index (χ1) is 6.50. The van der Waals surface area contributed by atoms with E-state index < -0.39 is 15.1 Å². The highest BCUT2D eigenvalue weighted by Crippen LogP contribution is 2.17. The van der Waals surface area contributed by atoms with E-state index in [9.17, 15) is 13.2 Å². The third-order valence-corrected chi connectivity index (χ3v) is 5.16. The van der Waals surface area contributed by atoms with Crippen LogP contribution >= 0.6 is 0 Å². The Balaban J connectivity index is 4.57. The number of unbranched alkanes of at least 4 members (excludes halogenated alkanes) is 1. The highest BCUT2D eigenvalue weighted by Gasteiger charge is 2.28. The lowest BCUT2D eigenvalue weighted by atomic mass is 10.2. The van der Waals surface area contributed by atoms with E-state index in [2.05, 4.69) is 0 Å². The van der Waals surface area contributed by atoms with E-state index in [1.54, 1.807) is 0 Å². The van der Waals surface area contributed by atoms with Crippen molar-refractivity contribution in [1.29, 1.82) is 0 Å². The summed E-state index contributed by atoms with van der Waals surface area (Å²) in [7, 11) is -3.24. The molecule has 0 bridgehead atoms. The van der Waals surface area contributed by atoms with Crippen molar-refractivity contribution in [2.45, 2.75) is 57.0 Å². The first-order valence-electron chi connectivity index (χ1n) is 5.18. The Kier molecular flexibility index (Phi) is 6.00. The standard InChI is InChI=1S/C10H20O3S/c1-4-6-7-10(5-2)14(12,13)9(3)8-11/h8-10H,4-7H2,1-3H3. The van der Waals surface area contributed by atoms with Crippen molar-refractivity contribution < 1.29 is 13.2 Å². The third-order valence-electron chi connectivity index (χ3n) is 2.51. The molecule has 2 unspecified atom stereocenters. The van der Waals surface area contributed by atoms with Gasteiger partial charge < -0.3 is 4.79 Å². The van der Waals surface area contributed by atoms with E-state index in [0.29, 0.717) is 19.1 Å². The predicted octanol–water partition coefficient (Wildman–Crippen LogP) is 1.96. The highest BCUT2D eigenvalue weighted by atomic mass is 32.2. The first kappa shape index (κ1) is 13.6. The van der Waals surface area contributed by atoms with Crippen molar-refractivity contribution in [3.05, 3.63) is 0 Å². The molecule has 0 aliphatic carbocycles. The number of carbonyl (C=O) groups excluding carboxylic acids is 1. The summed E-state index contributed by atoms with van der Waals surface area (Å²) < 4.78 is 23.5. The van der Waals surface area contributed by atoms with Gasteiger partial charge in [-0.3, -0.25) is 0 Å². The maximum atomic E-state index is 11.8. The Bertz CT molecular complexity index is 257. The van der Waals surface area contributed by atoms with Gasteiger partial charge >= 0.3 is 0 Å². The lowest BCUT2D eigenvalue weighted by Crippen LogP contribution is -2.30. The Morgan fingerprint density at radius 1 is 1.29 bits per heavy atom. The number of sulfone groups is 1. The molecule has 0 fully saturated rings. The Morgan fingerprint density at radius 2 is 1.86 bits per heavy atom. The molecule has 84 valence electrons. The van der Waals surface area contributed by atoms with Gasteiger partial charge in [0.1, 0.15) is 11.5 Å². The molecule has 0 amide bonds. The SMILES string of the molecule is CCCCC(CC)S(=O)(=O)C(C)C=O. The summed E-state index contributed by atoms with van der Waals surface area (Å²) >= 11 is 0. The average molecular weight is 220 g/mol. The molecule has 0 aromatic heterocycles. The van der Waals surface area contributed by atoms with Crippen molar-refractivity contribution >= 4 is 16.1 Å². The molecule has 0 aliphatic heterocycles. The predicted molar refractivity (Wildman–Crippen MR) is 58.0 cm³/mol. The molecule has 3 nitrogen and oxygen atoms in total. The smallest absolute Gasteiger partial charge is 0.162 e. The summed E-state index contributed by atoms with van der Waals surface area (Å²) in [5.41, 5.74) is 0. The third kappa shape index (κ3) is 3.40. The zero-order chi connectivity index (χ0) is 11.2. The Morgan fingerprint density at radius 3 is 2.21 bits per heavy atom. The zero-order valence-electron chi connectivity index (χ0n) is 9.19. The van der Waals surface area contributed by atoms with E-state index in [1.807, 2.05) is 13.8 Å². The number of aldehydes is 1. The monoisotopic (exact) mass is 220 g/mol. The molecule has 0 N–H and O–H groups in total. The molecule has 0 rings (SSSR count). The van der Waals surface area contributed by atoms with Gasteiger partial charge in [0, 0.05) is 0 Å². The van der Waals surface area contributed by atoms with Crippen LogP contribution in [0.15, 0.2) is 0 Å². The largest absolute Gasteiger partial charge is 0.302 e. The Labute approximate surface area is 86.8 Å². The Hall–Kier alpha value is -0.380. The molecule has 14 heavy (non-hydrogen) atoms. The summed E-state index contributed by atoms with van der Waals surface area (Å²) in [6.07, 6.45) is 3.68. The lowest BCUT2D eigenvalue weighted by Gasteiger charge is -2.17. The van der Waals surface area contributed by atoms with Crippen LogP contribution in [0.1, 0.15) is 46.5 Å². The molecular weight excluding hydrogens is 200 g/mol. The molecule has 0 aromatic rings. The average Bonchev–Trinajstić information content (AvgIpc) is 2.17.